The highest BCUT2D eigenvalue weighted by Crippen LogP contribution is 2.49. The normalized spacial score (nSPS) is 18.1. The monoisotopic (exact) mass is 455 g/mol. The number of pyridine rings is 2. The molecular formula is C26H31F2N3O2. The quantitative estimate of drug-likeness (QED) is 0.373. The largest absolute Gasteiger partial charge is 0.388 e. The molecule has 3 rings (SSSR count). The number of aliphatic hydroxyl groups excluding tert-OH is 1. The standard InChI is InChI=1S/C24H25F2N3O2.C2H6/c1-5-7-21(30)15(4)8-14(3)18(6-2)16-9-17-13-28-22(10-20(17)27-12-16)29-23(31)19-11-24(19,25)26;1-2/h5-6,8-10,12-13,19,21,30H,1,4,7,11H2,2-3H3,(H,28,29,31);1-2H3/b14-8-,18-6+;. The van der Waals surface area contributed by atoms with E-state index < -0.39 is 30.3 Å². The molecule has 7 heteroatoms. The van der Waals surface area contributed by atoms with Crippen LogP contribution in [0.3, 0.4) is 0 Å². The van der Waals surface area contributed by atoms with E-state index in [0.29, 0.717) is 17.5 Å². The van der Waals surface area contributed by atoms with Gasteiger partial charge in [0.05, 0.1) is 11.6 Å². The summed E-state index contributed by atoms with van der Waals surface area (Å²) in [5.74, 6) is -4.75. The van der Waals surface area contributed by atoms with Gasteiger partial charge in [-0.05, 0) is 43.1 Å². The average molecular weight is 456 g/mol. The number of hydrogen-bond donors (Lipinski definition) is 2. The fraction of sp³-hybridized carbons (Fsp3) is 0.346. The number of hydrogen-bond acceptors (Lipinski definition) is 4. The topological polar surface area (TPSA) is 75.1 Å². The molecule has 2 atom stereocenters. The lowest BCUT2D eigenvalue weighted by Gasteiger charge is -2.13. The van der Waals surface area contributed by atoms with Crippen LogP contribution in [0.1, 0.15) is 46.1 Å². The first kappa shape index (κ1) is 26.1. The van der Waals surface area contributed by atoms with Crippen LogP contribution in [-0.4, -0.2) is 33.0 Å². The Labute approximate surface area is 193 Å². The summed E-state index contributed by atoms with van der Waals surface area (Å²) < 4.78 is 26.1. The minimum absolute atomic E-state index is 0.190. The molecular weight excluding hydrogens is 424 g/mol. The number of carbonyl (C=O) groups is 1. The second kappa shape index (κ2) is 11.1. The molecule has 0 bridgehead atoms. The fourth-order valence-electron chi connectivity index (χ4n) is 3.33. The number of rotatable bonds is 8. The van der Waals surface area contributed by atoms with Crippen molar-refractivity contribution in [2.45, 2.75) is 52.6 Å². The number of fused-ring (bicyclic) bond motifs is 1. The molecule has 176 valence electrons. The lowest BCUT2D eigenvalue weighted by molar-refractivity contribution is -0.119. The van der Waals surface area contributed by atoms with Gasteiger partial charge >= 0.3 is 0 Å². The summed E-state index contributed by atoms with van der Waals surface area (Å²) in [5.41, 5.74) is 3.87. The second-order valence-corrected chi connectivity index (χ2v) is 7.64. The summed E-state index contributed by atoms with van der Waals surface area (Å²) >= 11 is 0. The zero-order valence-corrected chi connectivity index (χ0v) is 19.5. The second-order valence-electron chi connectivity index (χ2n) is 7.64. The summed E-state index contributed by atoms with van der Waals surface area (Å²) in [6, 6.07) is 3.47. The summed E-state index contributed by atoms with van der Waals surface area (Å²) in [7, 11) is 0. The Morgan fingerprint density at radius 2 is 2.00 bits per heavy atom. The first-order valence-corrected chi connectivity index (χ1v) is 10.9. The minimum Gasteiger partial charge on any atom is -0.388 e. The lowest BCUT2D eigenvalue weighted by atomic mass is 9.96. The fourth-order valence-corrected chi connectivity index (χ4v) is 3.33. The van der Waals surface area contributed by atoms with Crippen LogP contribution in [0.25, 0.3) is 16.5 Å². The molecule has 1 saturated carbocycles. The van der Waals surface area contributed by atoms with E-state index in [1.807, 2.05) is 45.9 Å². The molecule has 2 N–H and O–H groups in total. The number of allylic oxidation sites excluding steroid dienone is 3. The molecule has 0 aromatic carbocycles. The number of alkyl halides is 2. The summed E-state index contributed by atoms with van der Waals surface area (Å²) in [6.07, 6.45) is 7.97. The number of anilines is 1. The van der Waals surface area contributed by atoms with E-state index in [1.165, 1.54) is 0 Å². The Morgan fingerprint density at radius 3 is 2.58 bits per heavy atom. The Hall–Kier alpha value is -3.19. The third kappa shape index (κ3) is 6.42. The number of nitrogens with zero attached hydrogens (tertiary/aromatic N) is 2. The van der Waals surface area contributed by atoms with E-state index in [9.17, 15) is 18.7 Å². The Bertz CT molecular complexity index is 1110. The van der Waals surface area contributed by atoms with Crippen molar-refractivity contribution in [1.29, 1.82) is 0 Å². The number of nitrogens with one attached hydrogen (secondary N) is 1. The van der Waals surface area contributed by atoms with Gasteiger partial charge in [0.15, 0.2) is 0 Å². The maximum absolute atomic E-state index is 13.1. The minimum atomic E-state index is -2.92. The zero-order valence-electron chi connectivity index (χ0n) is 19.5. The van der Waals surface area contributed by atoms with E-state index in [2.05, 4.69) is 28.4 Å². The van der Waals surface area contributed by atoms with Gasteiger partial charge in [0, 0.05) is 35.8 Å². The summed E-state index contributed by atoms with van der Waals surface area (Å²) in [6.45, 7) is 15.4. The molecule has 0 spiro atoms. The third-order valence-corrected chi connectivity index (χ3v) is 5.20. The molecule has 1 aliphatic carbocycles. The Morgan fingerprint density at radius 1 is 1.33 bits per heavy atom. The average Bonchev–Trinajstić information content (AvgIpc) is 3.44. The van der Waals surface area contributed by atoms with Gasteiger partial charge in [-0.15, -0.1) is 6.58 Å². The number of amides is 1. The summed E-state index contributed by atoms with van der Waals surface area (Å²) in [5, 5.41) is 13.2. The van der Waals surface area contributed by atoms with Crippen molar-refractivity contribution in [3.05, 3.63) is 72.6 Å². The van der Waals surface area contributed by atoms with Gasteiger partial charge in [-0.2, -0.15) is 0 Å². The first-order valence-electron chi connectivity index (χ1n) is 10.9. The van der Waals surface area contributed by atoms with Gasteiger partial charge in [-0.25, -0.2) is 13.8 Å². The molecule has 0 radical (unpaired) electrons. The number of halogens is 2. The molecule has 1 aliphatic rings. The smallest absolute Gasteiger partial charge is 0.260 e. The molecule has 5 nitrogen and oxygen atoms in total. The number of aliphatic hydroxyl groups is 1. The van der Waals surface area contributed by atoms with Crippen LogP contribution in [0.15, 0.2) is 67.1 Å². The van der Waals surface area contributed by atoms with Crippen LogP contribution in [0, 0.1) is 5.92 Å². The number of aromatic nitrogens is 2. The van der Waals surface area contributed by atoms with Crippen molar-refractivity contribution in [1.82, 2.24) is 9.97 Å². The van der Waals surface area contributed by atoms with E-state index in [1.54, 1.807) is 24.5 Å². The van der Waals surface area contributed by atoms with Gasteiger partial charge in [0.2, 0.25) is 5.91 Å². The van der Waals surface area contributed by atoms with Crippen LogP contribution in [-0.2, 0) is 4.79 Å². The van der Waals surface area contributed by atoms with E-state index in [-0.39, 0.29) is 5.82 Å². The van der Waals surface area contributed by atoms with Crippen LogP contribution in [0.5, 0.6) is 0 Å². The van der Waals surface area contributed by atoms with E-state index >= 15 is 0 Å². The lowest BCUT2D eigenvalue weighted by Crippen LogP contribution is -2.18. The molecule has 2 unspecified atom stereocenters. The molecule has 1 fully saturated rings. The maximum Gasteiger partial charge on any atom is 0.260 e. The van der Waals surface area contributed by atoms with Crippen molar-refractivity contribution in [2.24, 2.45) is 5.92 Å². The number of carbonyl (C=O) groups excluding carboxylic acids is 1. The highest BCUT2D eigenvalue weighted by molar-refractivity contribution is 5.96. The Balaban J connectivity index is 0.00000187. The predicted molar refractivity (Wildman–Crippen MR) is 130 cm³/mol. The Kier molecular flexibility index (Phi) is 8.76. The van der Waals surface area contributed by atoms with Gasteiger partial charge in [0.25, 0.3) is 5.92 Å². The molecule has 2 aromatic heterocycles. The van der Waals surface area contributed by atoms with Crippen molar-refractivity contribution in [2.75, 3.05) is 5.32 Å². The van der Waals surface area contributed by atoms with Crippen LogP contribution in [0.4, 0.5) is 14.6 Å². The van der Waals surface area contributed by atoms with Crippen molar-refractivity contribution >= 4 is 28.2 Å². The highest BCUT2D eigenvalue weighted by atomic mass is 19.3. The van der Waals surface area contributed by atoms with Crippen LogP contribution < -0.4 is 5.32 Å². The first-order chi connectivity index (χ1) is 15.7. The van der Waals surface area contributed by atoms with Gasteiger partial charge in [0.1, 0.15) is 11.7 Å². The molecule has 33 heavy (non-hydrogen) atoms. The SMILES string of the molecule is C=CCC(O)C(=C)/C=C(C)\C(=C/C)c1cnc2cc(NC(=O)C3CC3(F)F)ncc2c1.CC. The summed E-state index contributed by atoms with van der Waals surface area (Å²) in [4.78, 5) is 20.5. The third-order valence-electron chi connectivity index (χ3n) is 5.20. The van der Waals surface area contributed by atoms with Gasteiger partial charge < -0.3 is 10.4 Å². The molecule has 2 heterocycles. The maximum atomic E-state index is 13.1. The molecule has 1 amide bonds. The molecule has 2 aromatic rings. The van der Waals surface area contributed by atoms with Crippen molar-refractivity contribution in [3.8, 4) is 0 Å². The van der Waals surface area contributed by atoms with E-state index in [4.69, 9.17) is 0 Å². The highest BCUT2D eigenvalue weighted by Gasteiger charge is 2.61. The van der Waals surface area contributed by atoms with Crippen molar-refractivity contribution in [3.63, 3.8) is 0 Å². The van der Waals surface area contributed by atoms with E-state index in [0.717, 1.165) is 22.1 Å². The molecule has 0 saturated heterocycles. The van der Waals surface area contributed by atoms with Gasteiger partial charge in [-0.3, -0.25) is 9.78 Å². The zero-order chi connectivity index (χ0) is 24.8. The molecule has 0 aliphatic heterocycles. The van der Waals surface area contributed by atoms with Crippen LogP contribution in [0.2, 0.25) is 0 Å². The predicted octanol–water partition coefficient (Wildman–Crippen LogP) is 6.09. The van der Waals surface area contributed by atoms with Gasteiger partial charge in [-0.1, -0.05) is 38.7 Å². The van der Waals surface area contributed by atoms with Crippen molar-refractivity contribution < 1.29 is 18.7 Å². The van der Waals surface area contributed by atoms with Crippen LogP contribution >= 0.6 is 0 Å².